The van der Waals surface area contributed by atoms with Gasteiger partial charge in [0.05, 0.1) is 16.6 Å². The minimum atomic E-state index is 0.898. The molecule has 0 spiro atoms. The molecule has 0 fully saturated rings. The molecule has 0 N–H and O–H groups in total. The quantitative estimate of drug-likeness (QED) is 0.180. The van der Waals surface area contributed by atoms with Gasteiger partial charge in [0, 0.05) is 16.8 Å². The number of hydrogen-bond donors (Lipinski definition) is 0. The third-order valence-corrected chi connectivity index (χ3v) is 10.2. The molecule has 0 saturated carbocycles. The molecule has 0 amide bonds. The number of nitrogens with zero attached hydrogens (tertiary/aromatic N) is 4. The van der Waals surface area contributed by atoms with Gasteiger partial charge in [-0.05, 0) is 92.0 Å². The summed E-state index contributed by atoms with van der Waals surface area (Å²) in [6.07, 6.45) is 0. The van der Waals surface area contributed by atoms with Gasteiger partial charge in [-0.3, -0.25) is 13.5 Å². The van der Waals surface area contributed by atoms with E-state index in [-0.39, 0.29) is 0 Å². The fourth-order valence-corrected chi connectivity index (χ4v) is 8.09. The highest BCUT2D eigenvalue weighted by Crippen LogP contribution is 2.40. The van der Waals surface area contributed by atoms with Crippen LogP contribution >= 0.6 is 0 Å². The molecule has 3 heterocycles. The van der Waals surface area contributed by atoms with E-state index in [1.807, 2.05) is 0 Å². The fraction of sp³-hybridized carbons (Fsp3) is 0. The molecule has 228 valence electrons. The first-order chi connectivity index (χ1) is 24.3. The number of fused-ring (bicyclic) bond motifs is 13. The Kier molecular flexibility index (Phi) is 5.35. The number of aromatic nitrogens is 4. The van der Waals surface area contributed by atoms with Crippen LogP contribution in [0, 0.1) is 0 Å². The molecule has 4 nitrogen and oxygen atoms in total. The number of hydrogen-bond acceptors (Lipinski definition) is 1. The Hall–Kier alpha value is -6.65. The van der Waals surface area contributed by atoms with Crippen LogP contribution in [0.3, 0.4) is 0 Å². The standard InChI is InChI=1S/C45H28N4/c1-3-13-31(14-4-1)47-40-22-12-11-21-38(40)43-44(47)46-45-48(32-15-5-2-6-16-32)42-28-30(24-26-41(42)49(43)45)29-23-25-37-35-19-8-7-17-33(35)34-18-9-10-20-36(34)39(37)27-29/h1-28H. The predicted octanol–water partition coefficient (Wildman–Crippen LogP) is 11.5. The Balaban J connectivity index is 1.22. The van der Waals surface area contributed by atoms with Crippen molar-refractivity contribution in [2.75, 3.05) is 0 Å². The Morgan fingerprint density at radius 3 is 1.53 bits per heavy atom. The van der Waals surface area contributed by atoms with Gasteiger partial charge in [0.2, 0.25) is 5.78 Å². The zero-order chi connectivity index (χ0) is 32.1. The first kappa shape index (κ1) is 26.4. The summed E-state index contributed by atoms with van der Waals surface area (Å²) in [6.45, 7) is 0. The number of benzene rings is 8. The molecule has 4 heteroatoms. The number of imidazole rings is 2. The summed E-state index contributed by atoms with van der Waals surface area (Å²) in [6, 6.07) is 61.2. The molecule has 0 unspecified atom stereocenters. The van der Waals surface area contributed by atoms with Gasteiger partial charge in [0.15, 0.2) is 5.65 Å². The van der Waals surface area contributed by atoms with Crippen LogP contribution in [0.25, 0.3) is 93.7 Å². The van der Waals surface area contributed by atoms with Gasteiger partial charge < -0.3 is 0 Å². The average molecular weight is 625 g/mol. The second-order valence-corrected chi connectivity index (χ2v) is 12.8. The third kappa shape index (κ3) is 3.66. The Morgan fingerprint density at radius 1 is 0.347 bits per heavy atom. The van der Waals surface area contributed by atoms with Gasteiger partial charge in [-0.15, -0.1) is 0 Å². The van der Waals surface area contributed by atoms with Crippen LogP contribution < -0.4 is 0 Å². The first-order valence-electron chi connectivity index (χ1n) is 16.7. The Morgan fingerprint density at radius 2 is 0.857 bits per heavy atom. The summed E-state index contributed by atoms with van der Waals surface area (Å²) in [4.78, 5) is 5.44. The Bertz CT molecular complexity index is 3050. The van der Waals surface area contributed by atoms with Crippen LogP contribution in [0.2, 0.25) is 0 Å². The molecular formula is C45H28N4. The van der Waals surface area contributed by atoms with Crippen molar-refractivity contribution in [2.24, 2.45) is 0 Å². The second kappa shape index (κ2) is 9.93. The van der Waals surface area contributed by atoms with Crippen molar-refractivity contribution in [3.8, 4) is 22.5 Å². The van der Waals surface area contributed by atoms with E-state index >= 15 is 0 Å². The largest absolute Gasteiger partial charge is 0.292 e. The zero-order valence-electron chi connectivity index (χ0n) is 26.5. The molecule has 49 heavy (non-hydrogen) atoms. The highest BCUT2D eigenvalue weighted by atomic mass is 15.2. The van der Waals surface area contributed by atoms with E-state index < -0.39 is 0 Å². The first-order valence-corrected chi connectivity index (χ1v) is 16.7. The minimum Gasteiger partial charge on any atom is -0.292 e. The summed E-state index contributed by atoms with van der Waals surface area (Å²) in [5, 5.41) is 8.88. The molecule has 0 saturated heterocycles. The highest BCUT2D eigenvalue weighted by Gasteiger charge is 2.24. The highest BCUT2D eigenvalue weighted by molar-refractivity contribution is 6.25. The molecule has 0 aliphatic rings. The molecule has 0 aliphatic heterocycles. The fourth-order valence-electron chi connectivity index (χ4n) is 8.09. The van der Waals surface area contributed by atoms with Gasteiger partial charge in [-0.25, -0.2) is 0 Å². The van der Waals surface area contributed by atoms with Gasteiger partial charge in [0.25, 0.3) is 0 Å². The molecule has 0 aliphatic carbocycles. The lowest BCUT2D eigenvalue weighted by Crippen LogP contribution is -1.97. The lowest BCUT2D eigenvalue weighted by Gasteiger charge is -2.12. The van der Waals surface area contributed by atoms with E-state index in [1.165, 1.54) is 48.8 Å². The van der Waals surface area contributed by atoms with Crippen LogP contribution in [-0.2, 0) is 0 Å². The summed E-state index contributed by atoms with van der Waals surface area (Å²) in [7, 11) is 0. The van der Waals surface area contributed by atoms with Crippen molar-refractivity contribution in [1.29, 1.82) is 0 Å². The van der Waals surface area contributed by atoms with Crippen LogP contribution in [0.1, 0.15) is 0 Å². The summed E-state index contributed by atoms with van der Waals surface area (Å²) < 4.78 is 6.95. The monoisotopic (exact) mass is 624 g/mol. The van der Waals surface area contributed by atoms with Crippen LogP contribution in [0.15, 0.2) is 170 Å². The predicted molar refractivity (Wildman–Crippen MR) is 204 cm³/mol. The topological polar surface area (TPSA) is 27.2 Å². The van der Waals surface area contributed by atoms with E-state index in [4.69, 9.17) is 4.98 Å². The van der Waals surface area contributed by atoms with Crippen molar-refractivity contribution >= 4 is 71.2 Å². The van der Waals surface area contributed by atoms with E-state index in [1.54, 1.807) is 0 Å². The average Bonchev–Trinajstić information content (AvgIpc) is 3.80. The smallest absolute Gasteiger partial charge is 0.222 e. The van der Waals surface area contributed by atoms with Gasteiger partial charge in [-0.1, -0.05) is 121 Å². The maximum atomic E-state index is 5.44. The van der Waals surface area contributed by atoms with Crippen LogP contribution in [0.5, 0.6) is 0 Å². The van der Waals surface area contributed by atoms with E-state index in [0.717, 1.165) is 44.9 Å². The summed E-state index contributed by atoms with van der Waals surface area (Å²) in [5.74, 6) is 0.898. The normalized spacial score (nSPS) is 12.1. The van der Waals surface area contributed by atoms with Crippen molar-refractivity contribution in [3.63, 3.8) is 0 Å². The van der Waals surface area contributed by atoms with Crippen molar-refractivity contribution in [1.82, 2.24) is 18.5 Å². The van der Waals surface area contributed by atoms with E-state index in [0.29, 0.717) is 0 Å². The zero-order valence-corrected chi connectivity index (χ0v) is 26.5. The molecular weight excluding hydrogens is 597 g/mol. The lowest BCUT2D eigenvalue weighted by atomic mass is 9.92. The molecule has 0 atom stereocenters. The van der Waals surface area contributed by atoms with Crippen molar-refractivity contribution < 1.29 is 0 Å². The molecule has 11 rings (SSSR count). The van der Waals surface area contributed by atoms with Crippen LogP contribution in [0.4, 0.5) is 0 Å². The lowest BCUT2D eigenvalue weighted by molar-refractivity contribution is 1.09. The molecule has 0 bridgehead atoms. The second-order valence-electron chi connectivity index (χ2n) is 12.8. The van der Waals surface area contributed by atoms with E-state index in [9.17, 15) is 0 Å². The maximum Gasteiger partial charge on any atom is 0.222 e. The molecule has 11 aromatic rings. The van der Waals surface area contributed by atoms with Crippen molar-refractivity contribution in [2.45, 2.75) is 0 Å². The molecule has 3 aromatic heterocycles. The number of rotatable bonds is 3. The third-order valence-electron chi connectivity index (χ3n) is 10.2. The van der Waals surface area contributed by atoms with E-state index in [2.05, 4.69) is 183 Å². The SMILES string of the molecule is c1ccc(-n2c3ccccc3c3c2nc2n(-c4ccccc4)c4cc(-c5ccc6c7ccccc7c7ccccc7c6c5)ccc4n32)cc1. The maximum absolute atomic E-state index is 5.44. The van der Waals surface area contributed by atoms with Crippen LogP contribution in [-0.4, -0.2) is 18.5 Å². The Labute approximate surface area is 281 Å². The minimum absolute atomic E-state index is 0.898. The van der Waals surface area contributed by atoms with Gasteiger partial charge in [-0.2, -0.15) is 4.98 Å². The summed E-state index contributed by atoms with van der Waals surface area (Å²) >= 11 is 0. The summed E-state index contributed by atoms with van der Waals surface area (Å²) in [5.41, 5.74) is 10.0. The molecule has 0 radical (unpaired) electrons. The van der Waals surface area contributed by atoms with Crippen molar-refractivity contribution in [3.05, 3.63) is 170 Å². The number of para-hydroxylation sites is 3. The van der Waals surface area contributed by atoms with Gasteiger partial charge >= 0.3 is 0 Å². The van der Waals surface area contributed by atoms with Gasteiger partial charge in [0.1, 0.15) is 5.52 Å². The molecule has 8 aromatic carbocycles.